The van der Waals surface area contributed by atoms with E-state index in [1.54, 1.807) is 0 Å². The normalized spacial score (nSPS) is 22.1. The third kappa shape index (κ3) is 4.21. The molecule has 0 spiro atoms. The van der Waals surface area contributed by atoms with Gasteiger partial charge in [-0.15, -0.1) is 0 Å². The first-order valence-electron chi connectivity index (χ1n) is 9.91. The lowest BCUT2D eigenvalue weighted by molar-refractivity contribution is -0.132. The van der Waals surface area contributed by atoms with Crippen LogP contribution in [-0.4, -0.2) is 35.8 Å². The average Bonchev–Trinajstić information content (AvgIpc) is 2.96. The zero-order valence-electron chi connectivity index (χ0n) is 15.6. The van der Waals surface area contributed by atoms with E-state index in [-0.39, 0.29) is 23.8 Å². The molecule has 2 aliphatic rings. The zero-order valence-corrected chi connectivity index (χ0v) is 15.6. The van der Waals surface area contributed by atoms with Gasteiger partial charge in [0.25, 0.3) is 0 Å². The Balaban J connectivity index is 1.36. The Bertz CT molecular complexity index is 801. The summed E-state index contributed by atoms with van der Waals surface area (Å²) in [5.74, 6) is 0.256. The van der Waals surface area contributed by atoms with Crippen LogP contribution in [0.5, 0.6) is 0 Å². The summed E-state index contributed by atoms with van der Waals surface area (Å²) in [4.78, 5) is 26.8. The van der Waals surface area contributed by atoms with Crippen molar-refractivity contribution in [3.05, 3.63) is 60.2 Å². The Labute approximate surface area is 160 Å². The molecule has 0 unspecified atom stereocenters. The lowest BCUT2D eigenvalue weighted by atomic mass is 9.98. The summed E-state index contributed by atoms with van der Waals surface area (Å²) in [5, 5.41) is 3.09. The van der Waals surface area contributed by atoms with Crippen molar-refractivity contribution in [2.24, 2.45) is 5.92 Å². The molecule has 2 amide bonds. The molecule has 0 aliphatic carbocycles. The largest absolute Gasteiger partial charge is 0.351 e. The molecule has 27 heavy (non-hydrogen) atoms. The van der Waals surface area contributed by atoms with Crippen LogP contribution >= 0.6 is 0 Å². The lowest BCUT2D eigenvalue weighted by Gasteiger charge is -2.27. The molecule has 2 aliphatic heterocycles. The minimum Gasteiger partial charge on any atom is -0.351 e. The smallest absolute Gasteiger partial charge is 0.225 e. The first-order chi connectivity index (χ1) is 13.2. The summed E-state index contributed by atoms with van der Waals surface area (Å²) in [6, 6.07) is 18.9. The predicted molar refractivity (Wildman–Crippen MR) is 106 cm³/mol. The standard InChI is InChI=1S/C23H26N2O2/c26-22(25-15-20-7-4-8-21(16-25)24-23(20)27)14-11-17-9-12-19(13-10-17)18-5-2-1-3-6-18/h1-3,5-6,9-10,12-13,20-21H,4,7-8,11,14-16H2,(H,24,27)/t20-,21+/m1/s1. The fourth-order valence-electron chi connectivity index (χ4n) is 4.16. The highest BCUT2D eigenvalue weighted by Crippen LogP contribution is 2.23. The molecule has 0 saturated carbocycles. The number of amides is 2. The predicted octanol–water partition coefficient (Wildman–Crippen LogP) is 3.41. The monoisotopic (exact) mass is 362 g/mol. The van der Waals surface area contributed by atoms with Gasteiger partial charge in [0.15, 0.2) is 0 Å². The van der Waals surface area contributed by atoms with Gasteiger partial charge in [0.1, 0.15) is 0 Å². The van der Waals surface area contributed by atoms with E-state index in [1.165, 1.54) is 16.7 Å². The summed E-state index contributed by atoms with van der Waals surface area (Å²) in [6.45, 7) is 1.24. The summed E-state index contributed by atoms with van der Waals surface area (Å²) < 4.78 is 0. The van der Waals surface area contributed by atoms with Crippen molar-refractivity contribution < 1.29 is 9.59 Å². The molecule has 140 valence electrons. The zero-order chi connectivity index (χ0) is 18.6. The molecule has 4 nitrogen and oxygen atoms in total. The van der Waals surface area contributed by atoms with Crippen molar-refractivity contribution in [2.45, 2.75) is 38.1 Å². The number of likely N-dealkylation sites (tertiary alicyclic amines) is 1. The first kappa shape index (κ1) is 17.8. The summed E-state index contributed by atoms with van der Waals surface area (Å²) in [5.41, 5.74) is 3.57. The second-order valence-corrected chi connectivity index (χ2v) is 7.70. The third-order valence-electron chi connectivity index (χ3n) is 5.75. The van der Waals surface area contributed by atoms with Crippen molar-refractivity contribution >= 4 is 11.8 Å². The Kier molecular flexibility index (Phi) is 5.23. The quantitative estimate of drug-likeness (QED) is 0.906. The maximum absolute atomic E-state index is 12.7. The number of aryl methyl sites for hydroxylation is 1. The highest BCUT2D eigenvalue weighted by molar-refractivity contribution is 5.82. The molecule has 2 aromatic carbocycles. The summed E-state index contributed by atoms with van der Waals surface area (Å²) in [6.07, 6.45) is 4.18. The van der Waals surface area contributed by atoms with Crippen LogP contribution in [0.25, 0.3) is 11.1 Å². The number of rotatable bonds is 4. The van der Waals surface area contributed by atoms with E-state index in [1.807, 2.05) is 23.1 Å². The molecule has 1 N–H and O–H groups in total. The molecule has 2 heterocycles. The number of benzene rings is 2. The van der Waals surface area contributed by atoms with Crippen LogP contribution in [0.1, 0.15) is 31.2 Å². The Hall–Kier alpha value is -2.62. The fourth-order valence-corrected chi connectivity index (χ4v) is 4.16. The van der Waals surface area contributed by atoms with Crippen LogP contribution in [0.3, 0.4) is 0 Å². The number of carbonyl (C=O) groups is 2. The molecular formula is C23H26N2O2. The van der Waals surface area contributed by atoms with Gasteiger partial charge < -0.3 is 10.2 Å². The minimum atomic E-state index is -0.0356. The Morgan fingerprint density at radius 1 is 0.963 bits per heavy atom. The van der Waals surface area contributed by atoms with E-state index >= 15 is 0 Å². The van der Waals surface area contributed by atoms with Crippen molar-refractivity contribution in [3.63, 3.8) is 0 Å². The highest BCUT2D eigenvalue weighted by Gasteiger charge is 2.34. The van der Waals surface area contributed by atoms with E-state index in [0.29, 0.717) is 19.5 Å². The van der Waals surface area contributed by atoms with Gasteiger partial charge in [-0.05, 0) is 36.0 Å². The molecule has 2 saturated heterocycles. The molecule has 2 aromatic rings. The van der Waals surface area contributed by atoms with Gasteiger partial charge in [0.2, 0.25) is 11.8 Å². The first-order valence-corrected chi connectivity index (χ1v) is 9.91. The molecular weight excluding hydrogens is 336 g/mol. The lowest BCUT2D eigenvalue weighted by Crippen LogP contribution is -2.41. The molecule has 2 fully saturated rings. The number of hydrogen-bond donors (Lipinski definition) is 1. The highest BCUT2D eigenvalue weighted by atomic mass is 16.2. The van der Waals surface area contributed by atoms with Crippen molar-refractivity contribution in [3.8, 4) is 11.1 Å². The second-order valence-electron chi connectivity index (χ2n) is 7.70. The van der Waals surface area contributed by atoms with Crippen LogP contribution in [0.4, 0.5) is 0 Å². The van der Waals surface area contributed by atoms with E-state index in [9.17, 15) is 9.59 Å². The van der Waals surface area contributed by atoms with E-state index in [2.05, 4.69) is 41.7 Å². The van der Waals surface area contributed by atoms with Crippen LogP contribution in [0, 0.1) is 5.92 Å². The fraction of sp³-hybridized carbons (Fsp3) is 0.391. The Morgan fingerprint density at radius 3 is 2.48 bits per heavy atom. The van der Waals surface area contributed by atoms with Gasteiger partial charge in [0, 0.05) is 25.6 Å². The van der Waals surface area contributed by atoms with Crippen molar-refractivity contribution in [2.75, 3.05) is 13.1 Å². The van der Waals surface area contributed by atoms with E-state index in [4.69, 9.17) is 0 Å². The maximum Gasteiger partial charge on any atom is 0.225 e. The maximum atomic E-state index is 12.7. The van der Waals surface area contributed by atoms with Crippen molar-refractivity contribution in [1.82, 2.24) is 10.2 Å². The van der Waals surface area contributed by atoms with Crippen molar-refractivity contribution in [1.29, 1.82) is 0 Å². The topological polar surface area (TPSA) is 49.4 Å². The van der Waals surface area contributed by atoms with Gasteiger partial charge in [0.05, 0.1) is 5.92 Å². The Morgan fingerprint density at radius 2 is 1.70 bits per heavy atom. The minimum absolute atomic E-state index is 0.0356. The molecule has 0 aromatic heterocycles. The number of fused-ring (bicyclic) bond motifs is 3. The average molecular weight is 362 g/mol. The van der Waals surface area contributed by atoms with Gasteiger partial charge in [-0.1, -0.05) is 61.0 Å². The SMILES string of the molecule is O=C1N[C@H]2CCC[C@@H]1CN(C(=O)CCc1ccc(-c3ccccc3)cc1)C2. The van der Waals surface area contributed by atoms with Crippen LogP contribution in [-0.2, 0) is 16.0 Å². The van der Waals surface area contributed by atoms with E-state index < -0.39 is 0 Å². The van der Waals surface area contributed by atoms with Crippen LogP contribution in [0.15, 0.2) is 54.6 Å². The number of carbonyl (C=O) groups excluding carboxylic acids is 2. The van der Waals surface area contributed by atoms with Gasteiger partial charge in [-0.25, -0.2) is 0 Å². The molecule has 0 radical (unpaired) electrons. The van der Waals surface area contributed by atoms with Crippen LogP contribution in [0.2, 0.25) is 0 Å². The van der Waals surface area contributed by atoms with E-state index in [0.717, 1.165) is 25.7 Å². The third-order valence-corrected chi connectivity index (χ3v) is 5.75. The summed E-state index contributed by atoms with van der Waals surface area (Å²) >= 11 is 0. The number of nitrogens with one attached hydrogen (secondary N) is 1. The van der Waals surface area contributed by atoms with Gasteiger partial charge in [-0.2, -0.15) is 0 Å². The van der Waals surface area contributed by atoms with Gasteiger partial charge >= 0.3 is 0 Å². The molecule has 4 rings (SSSR count). The number of nitrogens with zero attached hydrogens (tertiary/aromatic N) is 1. The number of hydrogen-bond acceptors (Lipinski definition) is 2. The second kappa shape index (κ2) is 7.95. The summed E-state index contributed by atoms with van der Waals surface area (Å²) in [7, 11) is 0. The molecule has 4 heteroatoms. The van der Waals surface area contributed by atoms with Gasteiger partial charge in [-0.3, -0.25) is 9.59 Å². The molecule has 2 bridgehead atoms. The molecule has 2 atom stereocenters. The van der Waals surface area contributed by atoms with Crippen LogP contribution < -0.4 is 5.32 Å².